The molecule has 0 spiro atoms. The Labute approximate surface area is 41.4 Å². The second-order valence-electron chi connectivity index (χ2n) is 1.11. The number of hydrogen-bond acceptors (Lipinski definition) is 2. The Morgan fingerprint density at radius 1 is 1.50 bits per heavy atom. The van der Waals surface area contributed by atoms with Gasteiger partial charge in [0.25, 0.3) is 0 Å². The summed E-state index contributed by atoms with van der Waals surface area (Å²) >= 11 is 4.92. The Morgan fingerprint density at radius 2 is 1.67 bits per heavy atom. The summed E-state index contributed by atoms with van der Waals surface area (Å²) in [5.41, 5.74) is -1.12. The molecule has 0 bridgehead atoms. The summed E-state index contributed by atoms with van der Waals surface area (Å²) < 4.78 is 0. The molecule has 0 amide bonds. The van der Waals surface area contributed by atoms with Crippen molar-refractivity contribution in [3.8, 4) is 0 Å². The van der Waals surface area contributed by atoms with Crippen LogP contribution in [0, 0.1) is 0 Å². The van der Waals surface area contributed by atoms with Crippen molar-refractivity contribution in [2.75, 3.05) is 0 Å². The average molecular weight is 111 g/mol. The van der Waals surface area contributed by atoms with Crippen LogP contribution in [-0.4, -0.2) is 21.9 Å². The minimum absolute atomic E-state index is 0.827. The molecule has 0 aromatic carbocycles. The van der Waals surface area contributed by atoms with E-state index in [2.05, 4.69) is 0 Å². The first kappa shape index (κ1) is 6.21. The van der Waals surface area contributed by atoms with Crippen molar-refractivity contribution in [1.29, 1.82) is 0 Å². The first-order chi connectivity index (χ1) is 2.64. The van der Waals surface area contributed by atoms with E-state index in [-0.39, 0.29) is 0 Å². The Balaban J connectivity index is 2.99. The molecule has 2 atom stereocenters. The van der Waals surface area contributed by atoms with Gasteiger partial charge in [-0.25, -0.2) is 0 Å². The monoisotopic (exact) mass is 110 g/mol. The Bertz CT molecular complexity index is 29.8. The molecule has 2 N–H and O–H groups in total. The van der Waals surface area contributed by atoms with Gasteiger partial charge < -0.3 is 10.2 Å². The highest BCUT2D eigenvalue weighted by atomic mass is 35.5. The van der Waals surface area contributed by atoms with Crippen molar-refractivity contribution in [3.05, 3.63) is 0 Å². The van der Waals surface area contributed by atoms with Crippen LogP contribution in [0.5, 0.6) is 0 Å². The molecular formula is C3H7ClO2. The van der Waals surface area contributed by atoms with Gasteiger partial charge in [0.15, 0.2) is 5.56 Å². The molecule has 0 saturated heterocycles. The largest absolute Gasteiger partial charge is 0.389 e. The summed E-state index contributed by atoms with van der Waals surface area (Å²) in [6, 6.07) is 0. The number of alkyl halides is 1. The minimum Gasteiger partial charge on any atom is -0.389 e. The highest BCUT2D eigenvalue weighted by Gasteiger charge is 2.02. The van der Waals surface area contributed by atoms with Crippen LogP contribution in [0.2, 0.25) is 0 Å². The average Bonchev–Trinajstić information content (AvgIpc) is 1.36. The van der Waals surface area contributed by atoms with E-state index < -0.39 is 11.7 Å². The zero-order valence-electron chi connectivity index (χ0n) is 3.43. The van der Waals surface area contributed by atoms with Crippen LogP contribution in [0.25, 0.3) is 0 Å². The Kier molecular flexibility index (Phi) is 2.48. The first-order valence-corrected chi connectivity index (χ1v) is 2.08. The maximum atomic E-state index is 8.25. The van der Waals surface area contributed by atoms with Crippen LogP contribution < -0.4 is 0 Å². The summed E-state index contributed by atoms with van der Waals surface area (Å²) in [7, 11) is 0. The molecule has 0 aliphatic rings. The second-order valence-corrected chi connectivity index (χ2v) is 1.56. The summed E-state index contributed by atoms with van der Waals surface area (Å²) in [6.45, 7) is 1.41. The van der Waals surface area contributed by atoms with E-state index in [4.69, 9.17) is 21.8 Å². The lowest BCUT2D eigenvalue weighted by molar-refractivity contribution is 0.0827. The molecule has 0 aromatic rings. The van der Waals surface area contributed by atoms with Gasteiger partial charge in [-0.05, 0) is 6.92 Å². The highest BCUT2D eigenvalue weighted by molar-refractivity contribution is 6.19. The summed E-state index contributed by atoms with van der Waals surface area (Å²) in [5.74, 6) is 0. The van der Waals surface area contributed by atoms with Crippen molar-refractivity contribution in [3.63, 3.8) is 0 Å². The lowest BCUT2D eigenvalue weighted by Gasteiger charge is -2.01. The quantitative estimate of drug-likeness (QED) is 0.464. The van der Waals surface area contributed by atoms with Gasteiger partial charge in [0.05, 0.1) is 6.10 Å². The van der Waals surface area contributed by atoms with Crippen LogP contribution in [0.4, 0.5) is 0 Å². The van der Waals surface area contributed by atoms with E-state index in [1.54, 1.807) is 0 Å². The van der Waals surface area contributed by atoms with E-state index in [1.165, 1.54) is 6.92 Å². The van der Waals surface area contributed by atoms with Crippen LogP contribution >= 0.6 is 11.6 Å². The third kappa shape index (κ3) is 2.45. The van der Waals surface area contributed by atoms with E-state index in [0.717, 1.165) is 0 Å². The van der Waals surface area contributed by atoms with Gasteiger partial charge in [-0.2, -0.15) is 0 Å². The lowest BCUT2D eigenvalue weighted by Crippen LogP contribution is -2.14. The standard InChI is InChI=1S/C3H7ClO2/c1-2(5)3(4)6/h2-3,5-6H,1H3/t2?,3-/m0/s1. The van der Waals surface area contributed by atoms with Crippen molar-refractivity contribution < 1.29 is 10.2 Å². The molecule has 3 heteroatoms. The molecule has 6 heavy (non-hydrogen) atoms. The van der Waals surface area contributed by atoms with Crippen molar-refractivity contribution in [2.24, 2.45) is 0 Å². The number of halogens is 1. The third-order valence-corrected chi connectivity index (χ3v) is 0.763. The number of rotatable bonds is 1. The molecular weight excluding hydrogens is 103 g/mol. The van der Waals surface area contributed by atoms with Gasteiger partial charge >= 0.3 is 0 Å². The number of aliphatic hydroxyl groups excluding tert-OH is 2. The second kappa shape index (κ2) is 2.39. The molecule has 0 aliphatic carbocycles. The molecule has 0 rings (SSSR count). The maximum Gasteiger partial charge on any atom is 0.153 e. The maximum absolute atomic E-state index is 8.25. The highest BCUT2D eigenvalue weighted by Crippen LogP contribution is 1.94. The first-order valence-electron chi connectivity index (χ1n) is 1.65. The van der Waals surface area contributed by atoms with Crippen LogP contribution in [0.15, 0.2) is 0 Å². The fourth-order valence-electron chi connectivity index (χ4n) is 0. The molecule has 2 nitrogen and oxygen atoms in total. The van der Waals surface area contributed by atoms with E-state index in [0.29, 0.717) is 0 Å². The zero-order chi connectivity index (χ0) is 5.15. The van der Waals surface area contributed by atoms with Crippen LogP contribution in [0.3, 0.4) is 0 Å². The van der Waals surface area contributed by atoms with Crippen LogP contribution in [-0.2, 0) is 0 Å². The normalized spacial score (nSPS) is 20.0. The lowest BCUT2D eigenvalue weighted by atomic mass is 10.4. The molecule has 0 heterocycles. The van der Waals surface area contributed by atoms with Gasteiger partial charge in [-0.3, -0.25) is 0 Å². The summed E-state index contributed by atoms with van der Waals surface area (Å²) in [4.78, 5) is 0. The molecule has 0 radical (unpaired) electrons. The fraction of sp³-hybridized carbons (Fsp3) is 1.00. The van der Waals surface area contributed by atoms with E-state index >= 15 is 0 Å². The fourth-order valence-corrected chi connectivity index (χ4v) is 0. The van der Waals surface area contributed by atoms with Gasteiger partial charge in [-0.15, -0.1) is 0 Å². The van der Waals surface area contributed by atoms with Gasteiger partial charge in [0.1, 0.15) is 0 Å². The minimum atomic E-state index is -1.12. The number of aliphatic hydroxyl groups is 2. The van der Waals surface area contributed by atoms with Crippen LogP contribution in [0.1, 0.15) is 6.92 Å². The van der Waals surface area contributed by atoms with E-state index in [1.807, 2.05) is 0 Å². The summed E-state index contributed by atoms with van der Waals surface area (Å²) in [5, 5.41) is 16.4. The van der Waals surface area contributed by atoms with Gasteiger partial charge in [-0.1, -0.05) is 11.6 Å². The topological polar surface area (TPSA) is 40.5 Å². The zero-order valence-corrected chi connectivity index (χ0v) is 4.18. The molecule has 38 valence electrons. The molecule has 1 unspecified atom stereocenters. The molecule has 0 aliphatic heterocycles. The Morgan fingerprint density at radius 3 is 1.67 bits per heavy atom. The molecule has 0 fully saturated rings. The van der Waals surface area contributed by atoms with Crippen molar-refractivity contribution in [2.45, 2.75) is 18.6 Å². The predicted molar refractivity (Wildman–Crippen MR) is 23.5 cm³/mol. The Hall–Kier alpha value is 0.210. The van der Waals surface area contributed by atoms with Gasteiger partial charge in [0, 0.05) is 0 Å². The van der Waals surface area contributed by atoms with E-state index in [9.17, 15) is 0 Å². The summed E-state index contributed by atoms with van der Waals surface area (Å²) in [6.07, 6.45) is -0.827. The number of hydrogen-bond donors (Lipinski definition) is 2. The predicted octanol–water partition coefficient (Wildman–Crippen LogP) is -0.0756. The van der Waals surface area contributed by atoms with Crippen molar-refractivity contribution in [1.82, 2.24) is 0 Å². The third-order valence-electron chi connectivity index (χ3n) is 0.398. The van der Waals surface area contributed by atoms with Gasteiger partial charge in [0.2, 0.25) is 0 Å². The molecule has 0 aromatic heterocycles. The van der Waals surface area contributed by atoms with Crippen molar-refractivity contribution >= 4 is 11.6 Å². The SMILES string of the molecule is CC(O)[C@H](O)Cl. The smallest absolute Gasteiger partial charge is 0.153 e. The molecule has 0 saturated carbocycles.